The molecule has 1 aliphatic carbocycles. The summed E-state index contributed by atoms with van der Waals surface area (Å²) in [7, 11) is 0. The maximum Gasteiger partial charge on any atom is 0.331 e. The van der Waals surface area contributed by atoms with Crippen LogP contribution in [-0.2, 0) is 11.2 Å². The van der Waals surface area contributed by atoms with E-state index >= 15 is 0 Å². The molecule has 1 aromatic rings. The lowest BCUT2D eigenvalue weighted by molar-refractivity contribution is -0.132. The second-order valence-corrected chi connectivity index (χ2v) is 3.80. The Morgan fingerprint density at radius 1 is 1.36 bits per heavy atom. The monoisotopic (exact) mass is 188 g/mol. The second kappa shape index (κ2) is 2.98. The van der Waals surface area contributed by atoms with Crippen molar-refractivity contribution in [3.8, 4) is 0 Å². The molecular formula is C12H12O2. The van der Waals surface area contributed by atoms with Gasteiger partial charge >= 0.3 is 5.97 Å². The molecule has 1 aromatic carbocycles. The van der Waals surface area contributed by atoms with Crippen LogP contribution in [0.5, 0.6) is 0 Å². The smallest absolute Gasteiger partial charge is 0.331 e. The van der Waals surface area contributed by atoms with Crippen molar-refractivity contribution in [1.82, 2.24) is 0 Å². The maximum atomic E-state index is 10.8. The normalized spacial score (nSPS) is 13.7. The minimum absolute atomic E-state index is 0.494. The van der Waals surface area contributed by atoms with Gasteiger partial charge in [0.1, 0.15) is 0 Å². The molecule has 1 N–H and O–H groups in total. The van der Waals surface area contributed by atoms with Gasteiger partial charge in [-0.15, -0.1) is 0 Å². The predicted octanol–water partition coefficient (Wildman–Crippen LogP) is 2.33. The molecule has 0 radical (unpaired) electrons. The first kappa shape index (κ1) is 9.00. The fourth-order valence-corrected chi connectivity index (χ4v) is 1.97. The van der Waals surface area contributed by atoms with Crippen LogP contribution in [0.25, 0.3) is 6.08 Å². The number of carboxylic acids is 1. The highest BCUT2D eigenvalue weighted by Gasteiger charge is 2.19. The summed E-state index contributed by atoms with van der Waals surface area (Å²) >= 11 is 0. The van der Waals surface area contributed by atoms with Crippen molar-refractivity contribution in [3.63, 3.8) is 0 Å². The molecule has 0 saturated heterocycles. The number of hydrogen-bond donors (Lipinski definition) is 1. The first-order valence-corrected chi connectivity index (χ1v) is 4.62. The highest BCUT2D eigenvalue weighted by Crippen LogP contribution is 2.28. The van der Waals surface area contributed by atoms with Gasteiger partial charge in [-0.3, -0.25) is 0 Å². The highest BCUT2D eigenvalue weighted by molar-refractivity contribution is 5.95. The summed E-state index contributed by atoms with van der Waals surface area (Å²) in [5.41, 5.74) is 5.10. The number of aryl methyl sites for hydroxylation is 2. The van der Waals surface area contributed by atoms with Gasteiger partial charge in [0.05, 0.1) is 0 Å². The molecule has 0 heterocycles. The lowest BCUT2D eigenvalue weighted by Gasteiger charge is -2.04. The molecule has 0 fully saturated rings. The fourth-order valence-electron chi connectivity index (χ4n) is 1.97. The van der Waals surface area contributed by atoms with Crippen LogP contribution in [0, 0.1) is 13.8 Å². The summed E-state index contributed by atoms with van der Waals surface area (Å²) in [6, 6.07) is 4.13. The third kappa shape index (κ3) is 1.33. The zero-order valence-electron chi connectivity index (χ0n) is 8.29. The molecule has 0 unspecified atom stereocenters. The van der Waals surface area contributed by atoms with E-state index in [1.54, 1.807) is 6.08 Å². The van der Waals surface area contributed by atoms with Crippen molar-refractivity contribution < 1.29 is 9.90 Å². The SMILES string of the molecule is Cc1cc(C)c2c(c1)C=C(C(=O)O)C2. The highest BCUT2D eigenvalue weighted by atomic mass is 16.4. The molecule has 0 bridgehead atoms. The number of rotatable bonds is 1. The molecule has 0 amide bonds. The zero-order valence-corrected chi connectivity index (χ0v) is 8.29. The molecular weight excluding hydrogens is 176 g/mol. The van der Waals surface area contributed by atoms with Crippen molar-refractivity contribution in [2.45, 2.75) is 20.3 Å². The van der Waals surface area contributed by atoms with Crippen LogP contribution in [0.4, 0.5) is 0 Å². The van der Waals surface area contributed by atoms with Crippen molar-refractivity contribution in [2.24, 2.45) is 0 Å². The fraction of sp³-hybridized carbons (Fsp3) is 0.250. The molecule has 1 aliphatic rings. The van der Waals surface area contributed by atoms with E-state index in [4.69, 9.17) is 5.11 Å². The quantitative estimate of drug-likeness (QED) is 0.734. The van der Waals surface area contributed by atoms with Gasteiger partial charge < -0.3 is 5.11 Å². The molecule has 0 saturated carbocycles. The number of hydrogen-bond acceptors (Lipinski definition) is 1. The van der Waals surface area contributed by atoms with E-state index in [2.05, 4.69) is 6.07 Å². The van der Waals surface area contributed by atoms with E-state index < -0.39 is 5.97 Å². The van der Waals surface area contributed by atoms with E-state index in [9.17, 15) is 4.79 Å². The average molecular weight is 188 g/mol. The van der Waals surface area contributed by atoms with E-state index in [1.807, 2.05) is 19.9 Å². The molecule has 0 aliphatic heterocycles. The standard InChI is InChI=1S/C12H12O2/c1-7-3-8(2)11-6-10(12(13)14)5-9(11)4-7/h3-5H,6H2,1-2H3,(H,13,14). The van der Waals surface area contributed by atoms with Crippen LogP contribution in [0.2, 0.25) is 0 Å². The second-order valence-electron chi connectivity index (χ2n) is 3.80. The Labute approximate surface area is 82.9 Å². The van der Waals surface area contributed by atoms with Gasteiger partial charge in [-0.2, -0.15) is 0 Å². The summed E-state index contributed by atoms with van der Waals surface area (Å²) in [5.74, 6) is -0.807. The van der Waals surface area contributed by atoms with E-state index in [0.717, 1.165) is 11.1 Å². The van der Waals surface area contributed by atoms with Gasteiger partial charge in [-0.1, -0.05) is 17.7 Å². The Balaban J connectivity index is 2.51. The third-order valence-corrected chi connectivity index (χ3v) is 2.62. The molecule has 2 nitrogen and oxygen atoms in total. The van der Waals surface area contributed by atoms with Crippen LogP contribution < -0.4 is 0 Å². The minimum atomic E-state index is -0.807. The summed E-state index contributed by atoms with van der Waals surface area (Å²) in [5, 5.41) is 8.88. The third-order valence-electron chi connectivity index (χ3n) is 2.62. The Kier molecular flexibility index (Phi) is 1.92. The number of fused-ring (bicyclic) bond motifs is 1. The number of benzene rings is 1. The minimum Gasteiger partial charge on any atom is -0.478 e. The van der Waals surface area contributed by atoms with Gasteiger partial charge in [-0.25, -0.2) is 4.79 Å². The predicted molar refractivity (Wildman–Crippen MR) is 55.2 cm³/mol. The number of carbonyl (C=O) groups is 1. The van der Waals surface area contributed by atoms with E-state index in [-0.39, 0.29) is 0 Å². The molecule has 0 aromatic heterocycles. The van der Waals surface area contributed by atoms with Crippen LogP contribution in [0.3, 0.4) is 0 Å². The van der Waals surface area contributed by atoms with Crippen LogP contribution in [-0.4, -0.2) is 11.1 Å². The van der Waals surface area contributed by atoms with Gasteiger partial charge in [0.15, 0.2) is 0 Å². The summed E-state index contributed by atoms with van der Waals surface area (Å²) in [6.45, 7) is 4.06. The van der Waals surface area contributed by atoms with Crippen LogP contribution in [0.15, 0.2) is 17.7 Å². The lowest BCUT2D eigenvalue weighted by atomic mass is 10.0. The Morgan fingerprint density at radius 3 is 2.71 bits per heavy atom. The van der Waals surface area contributed by atoms with E-state index in [1.165, 1.54) is 11.1 Å². The van der Waals surface area contributed by atoms with Gasteiger partial charge in [0.25, 0.3) is 0 Å². The Morgan fingerprint density at radius 2 is 2.07 bits per heavy atom. The summed E-state index contributed by atoms with van der Waals surface area (Å²) in [4.78, 5) is 10.8. The molecule has 14 heavy (non-hydrogen) atoms. The topological polar surface area (TPSA) is 37.3 Å². The van der Waals surface area contributed by atoms with Crippen molar-refractivity contribution in [2.75, 3.05) is 0 Å². The van der Waals surface area contributed by atoms with Gasteiger partial charge in [-0.05, 0) is 36.6 Å². The maximum absolute atomic E-state index is 10.8. The lowest BCUT2D eigenvalue weighted by Crippen LogP contribution is -2.00. The van der Waals surface area contributed by atoms with Crippen LogP contribution in [0.1, 0.15) is 22.3 Å². The Bertz CT molecular complexity index is 442. The molecule has 2 rings (SSSR count). The molecule has 0 atom stereocenters. The number of aliphatic carboxylic acids is 1. The summed E-state index contributed by atoms with van der Waals surface area (Å²) < 4.78 is 0. The first-order valence-electron chi connectivity index (χ1n) is 4.62. The van der Waals surface area contributed by atoms with Crippen LogP contribution >= 0.6 is 0 Å². The van der Waals surface area contributed by atoms with Crippen molar-refractivity contribution >= 4 is 12.0 Å². The first-order chi connectivity index (χ1) is 6.58. The Hall–Kier alpha value is -1.57. The number of carboxylic acid groups (broad SMARTS) is 1. The van der Waals surface area contributed by atoms with Gasteiger partial charge in [0.2, 0.25) is 0 Å². The summed E-state index contributed by atoms with van der Waals surface area (Å²) in [6.07, 6.45) is 2.34. The zero-order chi connectivity index (χ0) is 10.3. The molecule has 0 spiro atoms. The van der Waals surface area contributed by atoms with E-state index in [0.29, 0.717) is 12.0 Å². The largest absolute Gasteiger partial charge is 0.478 e. The van der Waals surface area contributed by atoms with Crippen molar-refractivity contribution in [1.29, 1.82) is 0 Å². The average Bonchev–Trinajstić information content (AvgIpc) is 2.47. The van der Waals surface area contributed by atoms with Gasteiger partial charge in [0, 0.05) is 12.0 Å². The molecule has 72 valence electrons. The van der Waals surface area contributed by atoms with Crippen molar-refractivity contribution in [3.05, 3.63) is 40.0 Å². The molecule has 2 heteroatoms.